The van der Waals surface area contributed by atoms with Gasteiger partial charge in [0.2, 0.25) is 0 Å². The van der Waals surface area contributed by atoms with Gasteiger partial charge in [-0.2, -0.15) is 0 Å². The quantitative estimate of drug-likeness (QED) is 0.675. The lowest BCUT2D eigenvalue weighted by Crippen LogP contribution is -2.25. The minimum absolute atomic E-state index is 0.445. The molecule has 0 aliphatic heterocycles. The lowest BCUT2D eigenvalue weighted by atomic mass is 10.1. The number of nitrogens with zero attached hydrogens (tertiary/aromatic N) is 1. The third-order valence-electron chi connectivity index (χ3n) is 3.75. The molecule has 0 heterocycles. The standard InChI is InChI=1S/C17H29ClN2/c1-14(2)19-12-6-5-7-13-20(4)15(3)16-8-10-17(18)11-9-16/h8-11,14-15,19H,5-7,12-13H2,1-4H3. The van der Waals surface area contributed by atoms with Crippen molar-refractivity contribution in [2.45, 2.75) is 52.1 Å². The van der Waals surface area contributed by atoms with Crippen LogP contribution in [0.2, 0.25) is 5.02 Å². The Hall–Kier alpha value is -0.570. The van der Waals surface area contributed by atoms with Crippen molar-refractivity contribution >= 4 is 11.6 Å². The van der Waals surface area contributed by atoms with Crippen LogP contribution in [0, 0.1) is 0 Å². The van der Waals surface area contributed by atoms with Crippen molar-refractivity contribution in [3.05, 3.63) is 34.9 Å². The van der Waals surface area contributed by atoms with E-state index in [-0.39, 0.29) is 0 Å². The zero-order chi connectivity index (χ0) is 15.0. The maximum Gasteiger partial charge on any atom is 0.0406 e. The first-order valence-corrected chi connectivity index (χ1v) is 8.07. The molecule has 1 unspecified atom stereocenters. The van der Waals surface area contributed by atoms with E-state index in [0.717, 1.165) is 18.1 Å². The van der Waals surface area contributed by atoms with Gasteiger partial charge in [0.25, 0.3) is 0 Å². The second-order valence-electron chi connectivity index (χ2n) is 5.88. The summed E-state index contributed by atoms with van der Waals surface area (Å²) >= 11 is 5.93. The van der Waals surface area contributed by atoms with E-state index in [1.165, 1.54) is 24.8 Å². The van der Waals surface area contributed by atoms with Gasteiger partial charge in [0.15, 0.2) is 0 Å². The van der Waals surface area contributed by atoms with Gasteiger partial charge in [0.1, 0.15) is 0 Å². The third kappa shape index (κ3) is 6.74. The molecule has 0 fully saturated rings. The number of nitrogens with one attached hydrogen (secondary N) is 1. The first kappa shape index (κ1) is 17.5. The minimum atomic E-state index is 0.445. The van der Waals surface area contributed by atoms with Crippen LogP contribution in [-0.4, -0.2) is 31.1 Å². The van der Waals surface area contributed by atoms with E-state index in [9.17, 15) is 0 Å². The van der Waals surface area contributed by atoms with Crippen LogP contribution in [0.15, 0.2) is 24.3 Å². The number of halogens is 1. The van der Waals surface area contributed by atoms with Gasteiger partial charge in [0, 0.05) is 17.1 Å². The molecule has 1 rings (SSSR count). The average molecular weight is 297 g/mol. The summed E-state index contributed by atoms with van der Waals surface area (Å²) in [6, 6.07) is 9.23. The highest BCUT2D eigenvalue weighted by Gasteiger charge is 2.10. The van der Waals surface area contributed by atoms with E-state index in [0.29, 0.717) is 12.1 Å². The molecule has 0 aliphatic carbocycles. The van der Waals surface area contributed by atoms with Gasteiger partial charge in [-0.15, -0.1) is 0 Å². The largest absolute Gasteiger partial charge is 0.315 e. The summed E-state index contributed by atoms with van der Waals surface area (Å²) < 4.78 is 0. The smallest absolute Gasteiger partial charge is 0.0406 e. The fraction of sp³-hybridized carbons (Fsp3) is 0.647. The van der Waals surface area contributed by atoms with Gasteiger partial charge >= 0.3 is 0 Å². The molecule has 1 N–H and O–H groups in total. The molecule has 0 amide bonds. The van der Waals surface area contributed by atoms with E-state index in [4.69, 9.17) is 11.6 Å². The number of benzene rings is 1. The summed E-state index contributed by atoms with van der Waals surface area (Å²) in [6.07, 6.45) is 3.81. The zero-order valence-electron chi connectivity index (χ0n) is 13.3. The Morgan fingerprint density at radius 3 is 2.30 bits per heavy atom. The Balaban J connectivity index is 2.21. The molecule has 114 valence electrons. The van der Waals surface area contributed by atoms with Gasteiger partial charge in [-0.1, -0.05) is 44.0 Å². The molecule has 0 bridgehead atoms. The molecule has 2 nitrogen and oxygen atoms in total. The van der Waals surface area contributed by atoms with Crippen LogP contribution in [0.5, 0.6) is 0 Å². The second kappa shape index (κ2) is 9.38. The van der Waals surface area contributed by atoms with E-state index in [2.05, 4.69) is 50.2 Å². The van der Waals surface area contributed by atoms with E-state index in [1.54, 1.807) is 0 Å². The monoisotopic (exact) mass is 296 g/mol. The summed E-state index contributed by atoms with van der Waals surface area (Å²) in [5, 5.41) is 4.27. The van der Waals surface area contributed by atoms with Crippen LogP contribution in [0.4, 0.5) is 0 Å². The maximum absolute atomic E-state index is 5.93. The van der Waals surface area contributed by atoms with Gasteiger partial charge in [0.05, 0.1) is 0 Å². The number of rotatable bonds is 9. The van der Waals surface area contributed by atoms with Crippen LogP contribution in [0.25, 0.3) is 0 Å². The lowest BCUT2D eigenvalue weighted by molar-refractivity contribution is 0.255. The highest BCUT2D eigenvalue weighted by atomic mass is 35.5. The molecule has 1 aromatic rings. The zero-order valence-corrected chi connectivity index (χ0v) is 14.1. The van der Waals surface area contributed by atoms with Crippen LogP contribution in [0.1, 0.15) is 51.6 Å². The summed E-state index contributed by atoms with van der Waals surface area (Å²) in [5.74, 6) is 0. The molecule has 0 radical (unpaired) electrons. The topological polar surface area (TPSA) is 15.3 Å². The fourth-order valence-electron chi connectivity index (χ4n) is 2.24. The summed E-state index contributed by atoms with van der Waals surface area (Å²) in [7, 11) is 2.20. The molecular weight excluding hydrogens is 268 g/mol. The molecule has 0 aliphatic rings. The molecule has 3 heteroatoms. The van der Waals surface area contributed by atoms with Gasteiger partial charge < -0.3 is 5.32 Å². The van der Waals surface area contributed by atoms with Crippen LogP contribution in [-0.2, 0) is 0 Å². The van der Waals surface area contributed by atoms with Gasteiger partial charge in [-0.05, 0) is 57.6 Å². The SMILES string of the molecule is CC(C)NCCCCCN(C)C(C)c1ccc(Cl)cc1. The number of unbranched alkanes of at least 4 members (excludes halogenated alkanes) is 2. The molecular formula is C17H29ClN2. The molecule has 0 saturated heterocycles. The van der Waals surface area contributed by atoms with E-state index in [1.807, 2.05) is 12.1 Å². The molecule has 20 heavy (non-hydrogen) atoms. The molecule has 0 aromatic heterocycles. The second-order valence-corrected chi connectivity index (χ2v) is 6.31. The number of hydrogen-bond donors (Lipinski definition) is 1. The summed E-state index contributed by atoms with van der Waals surface area (Å²) in [4.78, 5) is 2.42. The van der Waals surface area contributed by atoms with Crippen molar-refractivity contribution in [3.63, 3.8) is 0 Å². The highest BCUT2D eigenvalue weighted by Crippen LogP contribution is 2.21. The Kier molecular flexibility index (Phi) is 8.20. The van der Waals surface area contributed by atoms with Crippen molar-refractivity contribution in [2.24, 2.45) is 0 Å². The van der Waals surface area contributed by atoms with Crippen molar-refractivity contribution in [1.29, 1.82) is 0 Å². The summed E-state index contributed by atoms with van der Waals surface area (Å²) in [5.41, 5.74) is 1.33. The Morgan fingerprint density at radius 1 is 1.05 bits per heavy atom. The third-order valence-corrected chi connectivity index (χ3v) is 4.01. The molecule has 1 atom stereocenters. The fourth-order valence-corrected chi connectivity index (χ4v) is 2.37. The minimum Gasteiger partial charge on any atom is -0.315 e. The van der Waals surface area contributed by atoms with Crippen molar-refractivity contribution in [2.75, 3.05) is 20.1 Å². The average Bonchev–Trinajstić information content (AvgIpc) is 2.42. The molecule has 0 spiro atoms. The first-order valence-electron chi connectivity index (χ1n) is 7.69. The summed E-state index contributed by atoms with van der Waals surface area (Å²) in [6.45, 7) is 8.92. The van der Waals surface area contributed by atoms with Gasteiger partial charge in [-0.3, -0.25) is 4.90 Å². The first-order chi connectivity index (χ1) is 9.50. The highest BCUT2D eigenvalue weighted by molar-refractivity contribution is 6.30. The molecule has 1 aromatic carbocycles. The van der Waals surface area contributed by atoms with Crippen LogP contribution < -0.4 is 5.32 Å². The predicted octanol–water partition coefficient (Wildman–Crippen LogP) is 4.50. The van der Waals surface area contributed by atoms with Crippen molar-refractivity contribution in [3.8, 4) is 0 Å². The van der Waals surface area contributed by atoms with E-state index >= 15 is 0 Å². The van der Waals surface area contributed by atoms with E-state index < -0.39 is 0 Å². The maximum atomic E-state index is 5.93. The van der Waals surface area contributed by atoms with Crippen molar-refractivity contribution in [1.82, 2.24) is 10.2 Å². The van der Waals surface area contributed by atoms with Crippen LogP contribution >= 0.6 is 11.6 Å². The lowest BCUT2D eigenvalue weighted by Gasteiger charge is -2.25. The van der Waals surface area contributed by atoms with Crippen LogP contribution in [0.3, 0.4) is 0 Å². The predicted molar refractivity (Wildman–Crippen MR) is 89.5 cm³/mol. The molecule has 0 saturated carbocycles. The number of hydrogen-bond acceptors (Lipinski definition) is 2. The van der Waals surface area contributed by atoms with Gasteiger partial charge in [-0.25, -0.2) is 0 Å². The van der Waals surface area contributed by atoms with Crippen molar-refractivity contribution < 1.29 is 0 Å². The Labute approximate surface area is 129 Å². The Bertz CT molecular complexity index is 362. The Morgan fingerprint density at radius 2 is 1.70 bits per heavy atom. The normalized spacial score (nSPS) is 13.2.